The average Bonchev–Trinajstić information content (AvgIpc) is 2.13. The van der Waals surface area contributed by atoms with Gasteiger partial charge in [-0.25, -0.2) is 0 Å². The highest BCUT2D eigenvalue weighted by molar-refractivity contribution is 9.10. The van der Waals surface area contributed by atoms with Crippen LogP contribution in [0.4, 0.5) is 13.2 Å². The summed E-state index contributed by atoms with van der Waals surface area (Å²) < 4.78 is 36.5. The van der Waals surface area contributed by atoms with Gasteiger partial charge in [0.15, 0.2) is 0 Å². The Bertz CT molecular complexity index is 327. The summed E-state index contributed by atoms with van der Waals surface area (Å²) >= 11 is 3.18. The number of aromatic nitrogens is 1. The Balaban J connectivity index is 2.58. The van der Waals surface area contributed by atoms with Crippen LogP contribution in [0.2, 0.25) is 0 Å². The van der Waals surface area contributed by atoms with E-state index in [0.29, 0.717) is 10.0 Å². The zero-order valence-corrected chi connectivity index (χ0v) is 9.35. The van der Waals surface area contributed by atoms with Crippen LogP contribution in [0.3, 0.4) is 0 Å². The van der Waals surface area contributed by atoms with E-state index in [1.807, 2.05) is 0 Å². The van der Waals surface area contributed by atoms with Crippen LogP contribution in [0.25, 0.3) is 0 Å². The summed E-state index contributed by atoms with van der Waals surface area (Å²) in [7, 11) is 0. The van der Waals surface area contributed by atoms with Gasteiger partial charge in [0.2, 0.25) is 0 Å². The van der Waals surface area contributed by atoms with Crippen molar-refractivity contribution in [1.29, 1.82) is 0 Å². The van der Waals surface area contributed by atoms with Crippen molar-refractivity contribution in [2.24, 2.45) is 5.73 Å². The monoisotopic (exact) mass is 282 g/mol. The first-order chi connectivity index (χ1) is 6.88. The minimum absolute atomic E-state index is 0.123. The molecule has 15 heavy (non-hydrogen) atoms. The van der Waals surface area contributed by atoms with Crippen LogP contribution < -0.4 is 5.73 Å². The smallest absolute Gasteiger partial charge is 0.324 e. The fraction of sp³-hybridized carbons (Fsp3) is 0.444. The fourth-order valence-corrected chi connectivity index (χ4v) is 1.50. The second kappa shape index (κ2) is 4.94. The van der Waals surface area contributed by atoms with Crippen molar-refractivity contribution in [2.45, 2.75) is 25.1 Å². The van der Waals surface area contributed by atoms with Gasteiger partial charge in [-0.3, -0.25) is 4.98 Å². The predicted molar refractivity (Wildman–Crippen MR) is 54.2 cm³/mol. The zero-order valence-electron chi connectivity index (χ0n) is 7.76. The highest BCUT2D eigenvalue weighted by Crippen LogP contribution is 2.26. The molecule has 0 aliphatic rings. The van der Waals surface area contributed by atoms with E-state index in [0.717, 1.165) is 0 Å². The van der Waals surface area contributed by atoms with Crippen LogP contribution in [0.15, 0.2) is 22.9 Å². The SMILES string of the molecule is NC(CCC(F)(F)F)c1cncc(Br)c1. The number of pyridine rings is 1. The molecule has 0 radical (unpaired) electrons. The summed E-state index contributed by atoms with van der Waals surface area (Å²) in [6.45, 7) is 0. The van der Waals surface area contributed by atoms with Crippen LogP contribution >= 0.6 is 15.9 Å². The van der Waals surface area contributed by atoms with Crippen LogP contribution in [0.5, 0.6) is 0 Å². The third-order valence-electron chi connectivity index (χ3n) is 1.89. The number of nitrogens with two attached hydrogens (primary N) is 1. The van der Waals surface area contributed by atoms with Gasteiger partial charge in [0, 0.05) is 29.3 Å². The van der Waals surface area contributed by atoms with E-state index >= 15 is 0 Å². The van der Waals surface area contributed by atoms with Gasteiger partial charge in [-0.2, -0.15) is 13.2 Å². The van der Waals surface area contributed by atoms with Gasteiger partial charge < -0.3 is 5.73 Å². The summed E-state index contributed by atoms with van der Waals surface area (Å²) in [5.41, 5.74) is 6.22. The largest absolute Gasteiger partial charge is 0.389 e. The molecule has 0 saturated carbocycles. The van der Waals surface area contributed by atoms with Crippen molar-refractivity contribution in [3.8, 4) is 0 Å². The lowest BCUT2D eigenvalue weighted by atomic mass is 10.1. The standard InChI is InChI=1S/C9H10BrF3N2/c10-7-3-6(4-15-5-7)8(14)1-2-9(11,12)13/h3-5,8H,1-2,14H2. The number of hydrogen-bond acceptors (Lipinski definition) is 2. The molecule has 1 heterocycles. The van der Waals surface area contributed by atoms with Gasteiger partial charge in [0.1, 0.15) is 0 Å². The molecule has 0 amide bonds. The first-order valence-electron chi connectivity index (χ1n) is 4.31. The maximum Gasteiger partial charge on any atom is 0.389 e. The summed E-state index contributed by atoms with van der Waals surface area (Å²) in [6.07, 6.45) is -2.12. The third kappa shape index (κ3) is 4.61. The summed E-state index contributed by atoms with van der Waals surface area (Å²) in [5.74, 6) is 0. The first kappa shape index (κ1) is 12.4. The zero-order chi connectivity index (χ0) is 11.5. The van der Waals surface area contributed by atoms with Crippen LogP contribution in [0.1, 0.15) is 24.4 Å². The Morgan fingerprint density at radius 2 is 2.07 bits per heavy atom. The van der Waals surface area contributed by atoms with E-state index in [1.165, 1.54) is 6.20 Å². The molecule has 0 saturated heterocycles. The van der Waals surface area contributed by atoms with E-state index in [4.69, 9.17) is 5.73 Å². The molecule has 1 atom stereocenters. The molecule has 1 aromatic heterocycles. The molecule has 0 aliphatic heterocycles. The molecule has 0 spiro atoms. The minimum atomic E-state index is -4.16. The highest BCUT2D eigenvalue weighted by Gasteiger charge is 2.27. The number of rotatable bonds is 3. The minimum Gasteiger partial charge on any atom is -0.324 e. The molecule has 0 aliphatic carbocycles. The summed E-state index contributed by atoms with van der Waals surface area (Å²) in [4.78, 5) is 3.84. The number of hydrogen-bond donors (Lipinski definition) is 1. The molecule has 0 bridgehead atoms. The van der Waals surface area contributed by atoms with Crippen molar-refractivity contribution in [1.82, 2.24) is 4.98 Å². The molecule has 1 aromatic rings. The van der Waals surface area contributed by atoms with Gasteiger partial charge in [0.05, 0.1) is 0 Å². The second-order valence-corrected chi connectivity index (χ2v) is 4.11. The maximum atomic E-state index is 11.9. The van der Waals surface area contributed by atoms with Gasteiger partial charge in [-0.05, 0) is 34.0 Å². The maximum absolute atomic E-state index is 11.9. The average molecular weight is 283 g/mol. The fourth-order valence-electron chi connectivity index (χ4n) is 1.12. The molecule has 0 fully saturated rings. The van der Waals surface area contributed by atoms with Crippen molar-refractivity contribution >= 4 is 15.9 Å². The van der Waals surface area contributed by atoms with Crippen molar-refractivity contribution in [2.75, 3.05) is 0 Å². The van der Waals surface area contributed by atoms with Gasteiger partial charge in [0.25, 0.3) is 0 Å². The lowest BCUT2D eigenvalue weighted by molar-refractivity contribution is -0.136. The van der Waals surface area contributed by atoms with E-state index in [2.05, 4.69) is 20.9 Å². The molecule has 2 N–H and O–H groups in total. The Morgan fingerprint density at radius 3 is 2.60 bits per heavy atom. The Labute approximate surface area is 93.8 Å². The summed E-state index contributed by atoms with van der Waals surface area (Å²) in [5, 5.41) is 0. The molecule has 1 rings (SSSR count). The topological polar surface area (TPSA) is 38.9 Å². The molecule has 2 nitrogen and oxygen atoms in total. The second-order valence-electron chi connectivity index (χ2n) is 3.20. The molecule has 0 aromatic carbocycles. The molecule has 6 heteroatoms. The lowest BCUT2D eigenvalue weighted by Crippen LogP contribution is -2.15. The van der Waals surface area contributed by atoms with Crippen LogP contribution in [-0.4, -0.2) is 11.2 Å². The van der Waals surface area contributed by atoms with Gasteiger partial charge in [-0.1, -0.05) is 0 Å². The van der Waals surface area contributed by atoms with Crippen molar-refractivity contribution in [3.05, 3.63) is 28.5 Å². The van der Waals surface area contributed by atoms with Crippen LogP contribution in [-0.2, 0) is 0 Å². The van der Waals surface area contributed by atoms with Crippen molar-refractivity contribution in [3.63, 3.8) is 0 Å². The summed E-state index contributed by atoms with van der Waals surface area (Å²) in [6, 6.07) is 1.05. The Morgan fingerprint density at radius 1 is 1.40 bits per heavy atom. The van der Waals surface area contributed by atoms with E-state index in [1.54, 1.807) is 12.3 Å². The Hall–Kier alpha value is -0.620. The Kier molecular flexibility index (Phi) is 4.10. The molecule has 84 valence electrons. The highest BCUT2D eigenvalue weighted by atomic mass is 79.9. The molecule has 1 unspecified atom stereocenters. The quantitative estimate of drug-likeness (QED) is 0.925. The number of nitrogens with zero attached hydrogens (tertiary/aromatic N) is 1. The van der Waals surface area contributed by atoms with E-state index in [9.17, 15) is 13.2 Å². The van der Waals surface area contributed by atoms with Crippen molar-refractivity contribution < 1.29 is 13.2 Å². The van der Waals surface area contributed by atoms with Gasteiger partial charge in [-0.15, -0.1) is 0 Å². The first-order valence-corrected chi connectivity index (χ1v) is 5.10. The van der Waals surface area contributed by atoms with Gasteiger partial charge >= 0.3 is 6.18 Å². The molecular weight excluding hydrogens is 273 g/mol. The van der Waals surface area contributed by atoms with E-state index < -0.39 is 18.6 Å². The third-order valence-corrected chi connectivity index (χ3v) is 2.33. The van der Waals surface area contributed by atoms with Crippen LogP contribution in [0, 0.1) is 0 Å². The number of halogens is 4. The molecular formula is C9H10BrF3N2. The predicted octanol–water partition coefficient (Wildman–Crippen LogP) is 3.19. The normalized spacial score (nSPS) is 13.9. The lowest BCUT2D eigenvalue weighted by Gasteiger charge is -2.13. The number of alkyl halides is 3. The van der Waals surface area contributed by atoms with E-state index in [-0.39, 0.29) is 6.42 Å².